The Morgan fingerprint density at radius 3 is 2.40 bits per heavy atom. The van der Waals surface area contributed by atoms with Crippen molar-refractivity contribution in [2.45, 2.75) is 37.6 Å². The number of likely N-dealkylation sites (tertiary alicyclic amines) is 1. The molecule has 2 amide bonds. The number of anilines is 1. The van der Waals surface area contributed by atoms with Crippen LogP contribution in [0, 0.1) is 6.92 Å². The Hall–Kier alpha value is -3.59. The fraction of sp³-hybridized carbons (Fsp3) is 0.308. The molecule has 0 atom stereocenters. The molecule has 35 heavy (non-hydrogen) atoms. The minimum absolute atomic E-state index is 0.0872. The second-order valence-electron chi connectivity index (χ2n) is 8.54. The number of amides is 2. The Balaban J connectivity index is 1.46. The zero-order chi connectivity index (χ0) is 25.0. The second kappa shape index (κ2) is 10.4. The topological polar surface area (TPSA) is 99.9 Å². The van der Waals surface area contributed by atoms with Crippen LogP contribution in [0.1, 0.15) is 46.0 Å². The zero-order valence-electron chi connectivity index (χ0n) is 19.8. The van der Waals surface area contributed by atoms with Crippen LogP contribution in [0.25, 0.3) is 0 Å². The Kier molecular flexibility index (Phi) is 7.25. The van der Waals surface area contributed by atoms with E-state index in [0.717, 1.165) is 0 Å². The van der Waals surface area contributed by atoms with Crippen molar-refractivity contribution >= 4 is 27.5 Å². The Labute approximate surface area is 205 Å². The molecule has 3 aromatic rings. The van der Waals surface area contributed by atoms with Gasteiger partial charge in [0.15, 0.2) is 0 Å². The maximum atomic E-state index is 13.5. The van der Waals surface area contributed by atoms with Gasteiger partial charge in [-0.2, -0.15) is 0 Å². The molecule has 1 saturated heterocycles. The van der Waals surface area contributed by atoms with Crippen molar-refractivity contribution in [3.63, 3.8) is 0 Å². The molecule has 184 valence electrons. The maximum absolute atomic E-state index is 13.5. The highest BCUT2D eigenvalue weighted by molar-refractivity contribution is 7.92. The van der Waals surface area contributed by atoms with Crippen molar-refractivity contribution in [2.24, 2.45) is 0 Å². The van der Waals surface area contributed by atoms with Gasteiger partial charge >= 0.3 is 0 Å². The number of nitrogens with one attached hydrogen (secondary N) is 1. The molecule has 1 aliphatic heterocycles. The highest BCUT2D eigenvalue weighted by atomic mass is 32.2. The minimum atomic E-state index is -3.86. The van der Waals surface area contributed by atoms with Crippen molar-refractivity contribution in [3.05, 3.63) is 83.8 Å². The number of nitrogens with zero attached hydrogens (tertiary/aromatic N) is 2. The Bertz CT molecular complexity index is 1280. The predicted molar refractivity (Wildman–Crippen MR) is 133 cm³/mol. The summed E-state index contributed by atoms with van der Waals surface area (Å²) < 4.78 is 33.3. The molecule has 2 aromatic carbocycles. The smallest absolute Gasteiger partial charge is 0.264 e. The highest BCUT2D eigenvalue weighted by Crippen LogP contribution is 2.26. The SMILES string of the molecule is CCN(c1ccccc1)S(=O)(=O)c1cc(C(=O)NC2CCN(C(=O)c3ccoc3)CC2)ccc1C. The van der Waals surface area contributed by atoms with Gasteiger partial charge in [-0.15, -0.1) is 0 Å². The lowest BCUT2D eigenvalue weighted by atomic mass is 10.0. The van der Waals surface area contributed by atoms with E-state index in [9.17, 15) is 18.0 Å². The van der Waals surface area contributed by atoms with Gasteiger partial charge in [0, 0.05) is 31.2 Å². The van der Waals surface area contributed by atoms with Crippen molar-refractivity contribution in [1.82, 2.24) is 10.2 Å². The molecule has 9 heteroatoms. The first-order valence-electron chi connectivity index (χ1n) is 11.6. The monoisotopic (exact) mass is 495 g/mol. The first-order valence-corrected chi connectivity index (χ1v) is 13.1. The van der Waals surface area contributed by atoms with E-state index >= 15 is 0 Å². The number of piperidine rings is 1. The van der Waals surface area contributed by atoms with Gasteiger partial charge in [0.05, 0.1) is 22.4 Å². The summed E-state index contributed by atoms with van der Waals surface area (Å²) in [6.45, 7) is 4.80. The van der Waals surface area contributed by atoms with E-state index in [1.807, 2.05) is 6.07 Å². The number of sulfonamides is 1. The van der Waals surface area contributed by atoms with Gasteiger partial charge in [-0.1, -0.05) is 24.3 Å². The van der Waals surface area contributed by atoms with Crippen molar-refractivity contribution < 1.29 is 22.4 Å². The van der Waals surface area contributed by atoms with Crippen LogP contribution in [0.3, 0.4) is 0 Å². The number of hydrogen-bond donors (Lipinski definition) is 1. The molecular weight excluding hydrogens is 466 g/mol. The fourth-order valence-electron chi connectivity index (χ4n) is 4.29. The molecule has 0 spiro atoms. The summed E-state index contributed by atoms with van der Waals surface area (Å²) in [7, 11) is -3.86. The van der Waals surface area contributed by atoms with Crippen LogP contribution in [0.5, 0.6) is 0 Å². The first kappa shape index (κ1) is 24.5. The van der Waals surface area contributed by atoms with Gasteiger partial charge in [-0.05, 0) is 62.6 Å². The van der Waals surface area contributed by atoms with Crippen LogP contribution >= 0.6 is 0 Å². The Morgan fingerprint density at radius 1 is 1.06 bits per heavy atom. The molecule has 2 heterocycles. The summed E-state index contributed by atoms with van der Waals surface area (Å²) >= 11 is 0. The number of aryl methyl sites for hydroxylation is 1. The molecule has 1 aliphatic rings. The van der Waals surface area contributed by atoms with E-state index in [0.29, 0.717) is 42.7 Å². The highest BCUT2D eigenvalue weighted by Gasteiger charge is 2.28. The quantitative estimate of drug-likeness (QED) is 0.537. The summed E-state index contributed by atoms with van der Waals surface area (Å²) in [5.41, 5.74) is 1.94. The largest absolute Gasteiger partial charge is 0.472 e. The number of carbonyl (C=O) groups excluding carboxylic acids is 2. The normalized spacial score (nSPS) is 14.5. The molecule has 0 bridgehead atoms. The molecule has 4 rings (SSSR count). The molecule has 8 nitrogen and oxygen atoms in total. The Morgan fingerprint density at radius 2 is 1.77 bits per heavy atom. The summed E-state index contributed by atoms with van der Waals surface area (Å²) in [6, 6.07) is 15.2. The van der Waals surface area contributed by atoms with Gasteiger partial charge in [-0.3, -0.25) is 13.9 Å². The molecule has 1 aromatic heterocycles. The molecule has 0 aliphatic carbocycles. The number of hydrogen-bond acceptors (Lipinski definition) is 5. The predicted octanol–water partition coefficient (Wildman–Crippen LogP) is 3.84. The lowest BCUT2D eigenvalue weighted by Gasteiger charge is -2.32. The number of carbonyl (C=O) groups is 2. The van der Waals surface area contributed by atoms with Gasteiger partial charge < -0.3 is 14.6 Å². The number of furan rings is 1. The maximum Gasteiger partial charge on any atom is 0.264 e. The lowest BCUT2D eigenvalue weighted by Crippen LogP contribution is -2.46. The van der Waals surface area contributed by atoms with Crippen molar-refractivity contribution in [3.8, 4) is 0 Å². The second-order valence-corrected chi connectivity index (χ2v) is 10.4. The van der Waals surface area contributed by atoms with E-state index < -0.39 is 10.0 Å². The summed E-state index contributed by atoms with van der Waals surface area (Å²) in [5, 5.41) is 3.00. The van der Waals surface area contributed by atoms with Gasteiger partial charge in [-0.25, -0.2) is 8.42 Å². The average molecular weight is 496 g/mol. The van der Waals surface area contributed by atoms with Crippen LogP contribution in [-0.2, 0) is 10.0 Å². The van der Waals surface area contributed by atoms with Gasteiger partial charge in [0.25, 0.3) is 21.8 Å². The fourth-order valence-corrected chi connectivity index (χ4v) is 6.02. The molecule has 0 radical (unpaired) electrons. The average Bonchev–Trinajstić information content (AvgIpc) is 3.40. The standard InChI is InChI=1S/C26H29N3O5S/c1-3-29(23-7-5-4-6-8-23)35(32,33)24-17-20(10-9-19(24)2)25(30)27-22-11-14-28(15-12-22)26(31)21-13-16-34-18-21/h4-10,13,16-18,22H,3,11-12,14-15H2,1-2H3,(H,27,30). The molecule has 0 unspecified atom stereocenters. The van der Waals surface area contributed by atoms with Gasteiger partial charge in [0.2, 0.25) is 0 Å². The molecule has 0 saturated carbocycles. The summed E-state index contributed by atoms with van der Waals surface area (Å²) in [5.74, 6) is -0.417. The number of benzene rings is 2. The third-order valence-corrected chi connectivity index (χ3v) is 8.28. The minimum Gasteiger partial charge on any atom is -0.472 e. The van der Waals surface area contributed by atoms with E-state index in [-0.39, 0.29) is 34.9 Å². The van der Waals surface area contributed by atoms with Crippen molar-refractivity contribution in [2.75, 3.05) is 23.9 Å². The van der Waals surface area contributed by atoms with E-state index in [1.54, 1.807) is 61.2 Å². The van der Waals surface area contributed by atoms with Crippen molar-refractivity contribution in [1.29, 1.82) is 0 Å². The van der Waals surface area contributed by atoms with Crippen LogP contribution in [-0.4, -0.2) is 50.8 Å². The van der Waals surface area contributed by atoms with Gasteiger partial charge in [0.1, 0.15) is 6.26 Å². The molecule has 1 N–H and O–H groups in total. The van der Waals surface area contributed by atoms with Crippen LogP contribution in [0.15, 0.2) is 76.4 Å². The first-order chi connectivity index (χ1) is 16.8. The van der Waals surface area contributed by atoms with E-state index in [4.69, 9.17) is 4.42 Å². The third-order valence-electron chi connectivity index (χ3n) is 6.24. The third kappa shape index (κ3) is 5.24. The van der Waals surface area contributed by atoms with Crippen LogP contribution in [0.4, 0.5) is 5.69 Å². The lowest BCUT2D eigenvalue weighted by molar-refractivity contribution is 0.0697. The summed E-state index contributed by atoms with van der Waals surface area (Å²) in [6.07, 6.45) is 4.13. The van der Waals surface area contributed by atoms with E-state index in [2.05, 4.69) is 5.32 Å². The summed E-state index contributed by atoms with van der Waals surface area (Å²) in [4.78, 5) is 27.3. The van der Waals surface area contributed by atoms with E-state index in [1.165, 1.54) is 22.9 Å². The molecule has 1 fully saturated rings. The van der Waals surface area contributed by atoms with Crippen LogP contribution in [0.2, 0.25) is 0 Å². The number of para-hydroxylation sites is 1. The van der Waals surface area contributed by atoms with Crippen LogP contribution < -0.4 is 9.62 Å². The zero-order valence-corrected chi connectivity index (χ0v) is 20.6. The molecular formula is C26H29N3O5S. The number of rotatable bonds is 7.